The highest BCUT2D eigenvalue weighted by Crippen LogP contribution is 2.17. The van der Waals surface area contributed by atoms with E-state index in [-0.39, 0.29) is 6.79 Å². The zero-order chi connectivity index (χ0) is 26.6. The summed E-state index contributed by atoms with van der Waals surface area (Å²) in [5.41, 5.74) is 3.91. The summed E-state index contributed by atoms with van der Waals surface area (Å²) < 4.78 is 15.5. The van der Waals surface area contributed by atoms with Crippen LogP contribution in [0.1, 0.15) is 27.0 Å². The molecule has 0 bridgehead atoms. The summed E-state index contributed by atoms with van der Waals surface area (Å²) in [7, 11) is 0. The summed E-state index contributed by atoms with van der Waals surface area (Å²) in [5, 5.41) is 0. The molecule has 0 spiro atoms. The quantitative estimate of drug-likeness (QED) is 0.0726. The summed E-state index contributed by atoms with van der Waals surface area (Å²) in [4.78, 5) is 27.9. The SMILES string of the molecule is C=CC(=O)OCOc1ccc(C(=O)Oc2ccc(C#Cc3ccc(C=Nc4ccccc4)cc3)cc2)cc1. The van der Waals surface area contributed by atoms with Gasteiger partial charge in [0.25, 0.3) is 0 Å². The van der Waals surface area contributed by atoms with Crippen molar-refractivity contribution in [2.75, 3.05) is 6.79 Å². The molecule has 6 nitrogen and oxygen atoms in total. The lowest BCUT2D eigenvalue weighted by Gasteiger charge is -2.07. The van der Waals surface area contributed by atoms with Gasteiger partial charge in [-0.15, -0.1) is 0 Å². The van der Waals surface area contributed by atoms with Crippen LogP contribution in [0.5, 0.6) is 11.5 Å². The van der Waals surface area contributed by atoms with Gasteiger partial charge in [0.05, 0.1) is 11.3 Å². The second-order valence-electron chi connectivity index (χ2n) is 7.83. The first-order chi connectivity index (χ1) is 18.6. The molecule has 0 unspecified atom stereocenters. The number of nitrogens with zero attached hydrogens (tertiary/aromatic N) is 1. The highest BCUT2D eigenvalue weighted by atomic mass is 16.7. The van der Waals surface area contributed by atoms with E-state index in [1.165, 1.54) is 0 Å². The van der Waals surface area contributed by atoms with Crippen molar-refractivity contribution < 1.29 is 23.8 Å². The lowest BCUT2D eigenvalue weighted by Crippen LogP contribution is -2.09. The largest absolute Gasteiger partial charge is 0.457 e. The molecule has 0 atom stereocenters. The standard InChI is InChI=1S/C32H23NO5/c1-2-31(34)37-23-36-29-20-16-27(17-21-29)32(35)38-30-18-14-25(15-19-30)9-8-24-10-12-26(13-11-24)22-33-28-6-4-3-5-7-28/h2-7,10-22H,1,23H2. The zero-order valence-corrected chi connectivity index (χ0v) is 20.4. The number of para-hydroxylation sites is 1. The predicted molar refractivity (Wildman–Crippen MR) is 146 cm³/mol. The Balaban J connectivity index is 1.29. The van der Waals surface area contributed by atoms with Crippen LogP contribution in [0.3, 0.4) is 0 Å². The summed E-state index contributed by atoms with van der Waals surface area (Å²) >= 11 is 0. The van der Waals surface area contributed by atoms with Crippen molar-refractivity contribution >= 4 is 23.8 Å². The molecule has 0 fully saturated rings. The molecule has 0 aromatic heterocycles. The monoisotopic (exact) mass is 501 g/mol. The maximum Gasteiger partial charge on any atom is 0.343 e. The van der Waals surface area contributed by atoms with E-state index in [1.54, 1.807) is 48.5 Å². The van der Waals surface area contributed by atoms with Gasteiger partial charge in [-0.3, -0.25) is 4.99 Å². The Morgan fingerprint density at radius 1 is 0.763 bits per heavy atom. The highest BCUT2D eigenvalue weighted by molar-refractivity contribution is 5.91. The fourth-order valence-corrected chi connectivity index (χ4v) is 3.13. The minimum Gasteiger partial charge on any atom is -0.457 e. The third-order valence-electron chi connectivity index (χ3n) is 5.13. The van der Waals surface area contributed by atoms with Gasteiger partial charge in [-0.1, -0.05) is 48.8 Å². The Kier molecular flexibility index (Phi) is 8.82. The van der Waals surface area contributed by atoms with Gasteiger partial charge in [-0.05, 0) is 78.4 Å². The van der Waals surface area contributed by atoms with Gasteiger partial charge in [0.1, 0.15) is 11.5 Å². The minimum atomic E-state index is -0.582. The van der Waals surface area contributed by atoms with Crippen LogP contribution in [-0.2, 0) is 9.53 Å². The van der Waals surface area contributed by atoms with Crippen LogP contribution in [0, 0.1) is 11.8 Å². The molecule has 4 rings (SSSR count). The molecule has 0 N–H and O–H groups in total. The van der Waals surface area contributed by atoms with E-state index in [0.29, 0.717) is 17.1 Å². The molecule has 6 heteroatoms. The summed E-state index contributed by atoms with van der Waals surface area (Å²) in [6, 6.07) is 30.8. The van der Waals surface area contributed by atoms with Gasteiger partial charge < -0.3 is 14.2 Å². The number of carbonyl (C=O) groups excluding carboxylic acids is 2. The van der Waals surface area contributed by atoms with Crippen LogP contribution in [0.2, 0.25) is 0 Å². The van der Waals surface area contributed by atoms with E-state index in [0.717, 1.165) is 28.5 Å². The highest BCUT2D eigenvalue weighted by Gasteiger charge is 2.09. The summed E-state index contributed by atoms with van der Waals surface area (Å²) in [6.07, 6.45) is 2.86. The van der Waals surface area contributed by atoms with Gasteiger partial charge in [0.15, 0.2) is 0 Å². The molecule has 0 aliphatic carbocycles. The summed E-state index contributed by atoms with van der Waals surface area (Å²) in [5.74, 6) is 5.99. The fourth-order valence-electron chi connectivity index (χ4n) is 3.13. The van der Waals surface area contributed by atoms with Gasteiger partial charge in [-0.2, -0.15) is 0 Å². The molecule has 38 heavy (non-hydrogen) atoms. The first kappa shape index (κ1) is 25.7. The van der Waals surface area contributed by atoms with E-state index < -0.39 is 11.9 Å². The van der Waals surface area contributed by atoms with Crippen LogP contribution < -0.4 is 9.47 Å². The maximum atomic E-state index is 12.4. The second kappa shape index (κ2) is 13.1. The van der Waals surface area contributed by atoms with Crippen molar-refractivity contribution in [3.05, 3.63) is 138 Å². The first-order valence-corrected chi connectivity index (χ1v) is 11.6. The van der Waals surface area contributed by atoms with Crippen molar-refractivity contribution in [1.29, 1.82) is 0 Å². The van der Waals surface area contributed by atoms with E-state index in [4.69, 9.17) is 14.2 Å². The van der Waals surface area contributed by atoms with Crippen molar-refractivity contribution in [2.24, 2.45) is 4.99 Å². The van der Waals surface area contributed by atoms with Crippen molar-refractivity contribution in [1.82, 2.24) is 0 Å². The maximum absolute atomic E-state index is 12.4. The van der Waals surface area contributed by atoms with Crippen molar-refractivity contribution in [2.45, 2.75) is 0 Å². The number of rotatable bonds is 8. The van der Waals surface area contributed by atoms with Crippen LogP contribution >= 0.6 is 0 Å². The molecular weight excluding hydrogens is 478 g/mol. The van der Waals surface area contributed by atoms with Crippen LogP contribution in [-0.4, -0.2) is 24.9 Å². The van der Waals surface area contributed by atoms with Gasteiger partial charge >= 0.3 is 11.9 Å². The average molecular weight is 502 g/mol. The number of esters is 2. The Bertz CT molecular complexity index is 1480. The van der Waals surface area contributed by atoms with Crippen molar-refractivity contribution in [3.8, 4) is 23.3 Å². The molecular formula is C32H23NO5. The molecule has 186 valence electrons. The third kappa shape index (κ3) is 7.80. The van der Waals surface area contributed by atoms with E-state index >= 15 is 0 Å². The fraction of sp³-hybridized carbons (Fsp3) is 0.0312. The Labute approximate surface area is 220 Å². The van der Waals surface area contributed by atoms with Crippen LogP contribution in [0.4, 0.5) is 5.69 Å². The molecule has 0 amide bonds. The van der Waals surface area contributed by atoms with Gasteiger partial charge in [0.2, 0.25) is 6.79 Å². The Morgan fingerprint density at radius 3 is 2.00 bits per heavy atom. The Morgan fingerprint density at radius 2 is 1.37 bits per heavy atom. The smallest absolute Gasteiger partial charge is 0.343 e. The lowest BCUT2D eigenvalue weighted by atomic mass is 10.1. The third-order valence-corrected chi connectivity index (χ3v) is 5.13. The minimum absolute atomic E-state index is 0.251. The number of carbonyl (C=O) groups is 2. The molecule has 0 saturated carbocycles. The molecule has 0 saturated heterocycles. The topological polar surface area (TPSA) is 74.2 Å². The summed E-state index contributed by atoms with van der Waals surface area (Å²) in [6.45, 7) is 3.05. The molecule has 0 heterocycles. The van der Waals surface area contributed by atoms with Crippen molar-refractivity contribution in [3.63, 3.8) is 0 Å². The number of benzene rings is 4. The molecule has 4 aromatic rings. The van der Waals surface area contributed by atoms with Gasteiger partial charge in [-0.25, -0.2) is 9.59 Å². The normalized spacial score (nSPS) is 10.2. The second-order valence-corrected chi connectivity index (χ2v) is 7.83. The number of ether oxygens (including phenoxy) is 3. The average Bonchev–Trinajstić information content (AvgIpc) is 2.97. The van der Waals surface area contributed by atoms with E-state index in [2.05, 4.69) is 23.4 Å². The predicted octanol–water partition coefficient (Wildman–Crippen LogP) is 6.12. The van der Waals surface area contributed by atoms with E-state index in [1.807, 2.05) is 60.8 Å². The van der Waals surface area contributed by atoms with Gasteiger partial charge in [0, 0.05) is 23.4 Å². The number of hydrogen-bond donors (Lipinski definition) is 0. The Hall–Kier alpha value is -5.41. The first-order valence-electron chi connectivity index (χ1n) is 11.6. The van der Waals surface area contributed by atoms with Crippen LogP contribution in [0.15, 0.2) is 121 Å². The molecule has 4 aromatic carbocycles. The van der Waals surface area contributed by atoms with E-state index in [9.17, 15) is 9.59 Å². The van der Waals surface area contributed by atoms with Crippen LogP contribution in [0.25, 0.3) is 0 Å². The zero-order valence-electron chi connectivity index (χ0n) is 20.4. The molecule has 0 aliphatic heterocycles. The number of hydrogen-bond acceptors (Lipinski definition) is 6. The molecule has 0 aliphatic rings. The lowest BCUT2D eigenvalue weighted by molar-refractivity contribution is -0.144. The molecule has 0 radical (unpaired) electrons. The number of aliphatic imine (C=N–C) groups is 1.